The third-order valence-corrected chi connectivity index (χ3v) is 3.09. The zero-order chi connectivity index (χ0) is 15.4. The Morgan fingerprint density at radius 2 is 1.76 bits per heavy atom. The van der Waals surface area contributed by atoms with E-state index in [2.05, 4.69) is 10.3 Å². The fourth-order valence-corrected chi connectivity index (χ4v) is 2.06. The third kappa shape index (κ3) is 3.21. The van der Waals surface area contributed by atoms with Crippen LogP contribution >= 0.6 is 0 Å². The Labute approximate surface area is 119 Å². The molecule has 0 aliphatic carbocycles. The van der Waals surface area contributed by atoms with Gasteiger partial charge in [0, 0.05) is 17.3 Å². The lowest BCUT2D eigenvalue weighted by Crippen LogP contribution is -2.25. The number of rotatable bonds is 5. The molecule has 0 aliphatic heterocycles. The van der Waals surface area contributed by atoms with E-state index in [0.717, 1.165) is 18.3 Å². The number of hydrogen-bond donors (Lipinski definition) is 1. The quantitative estimate of drug-likeness (QED) is 0.672. The molecule has 21 heavy (non-hydrogen) atoms. The van der Waals surface area contributed by atoms with E-state index in [9.17, 15) is 17.6 Å². The molecule has 1 aromatic heterocycles. The summed E-state index contributed by atoms with van der Waals surface area (Å²) in [4.78, 5) is 3.62. The van der Waals surface area contributed by atoms with Crippen molar-refractivity contribution in [1.82, 2.24) is 10.3 Å². The van der Waals surface area contributed by atoms with Crippen LogP contribution < -0.4 is 5.32 Å². The molecule has 1 unspecified atom stereocenters. The summed E-state index contributed by atoms with van der Waals surface area (Å²) in [5.41, 5.74) is -0.0178. The van der Waals surface area contributed by atoms with Crippen LogP contribution in [0, 0.1) is 23.3 Å². The first kappa shape index (κ1) is 15.4. The van der Waals surface area contributed by atoms with E-state index < -0.39 is 29.3 Å². The lowest BCUT2D eigenvalue weighted by Gasteiger charge is -2.20. The first-order chi connectivity index (χ1) is 10.1. The Morgan fingerprint density at radius 3 is 2.43 bits per heavy atom. The molecule has 0 bridgehead atoms. The minimum atomic E-state index is -1.56. The highest BCUT2D eigenvalue weighted by molar-refractivity contribution is 5.33. The van der Waals surface area contributed by atoms with Crippen LogP contribution in [-0.4, -0.2) is 11.5 Å². The van der Waals surface area contributed by atoms with Gasteiger partial charge in [-0.05, 0) is 25.1 Å². The average Bonchev–Trinajstić information content (AvgIpc) is 2.48. The topological polar surface area (TPSA) is 24.9 Å². The van der Waals surface area contributed by atoms with Crippen molar-refractivity contribution in [2.75, 3.05) is 6.54 Å². The second-order valence-electron chi connectivity index (χ2n) is 4.55. The van der Waals surface area contributed by atoms with Crippen molar-refractivity contribution < 1.29 is 17.6 Å². The molecule has 0 amide bonds. The molecule has 6 heteroatoms. The molecule has 0 spiro atoms. The smallest absolute Gasteiger partial charge is 0.194 e. The molecule has 1 N–H and O–H groups in total. The second kappa shape index (κ2) is 6.67. The van der Waals surface area contributed by atoms with Gasteiger partial charge in [0.15, 0.2) is 17.5 Å². The fourth-order valence-electron chi connectivity index (χ4n) is 2.06. The highest BCUT2D eigenvalue weighted by atomic mass is 19.2. The van der Waals surface area contributed by atoms with Gasteiger partial charge in [0.2, 0.25) is 0 Å². The Morgan fingerprint density at radius 1 is 1.00 bits per heavy atom. The van der Waals surface area contributed by atoms with E-state index in [4.69, 9.17) is 0 Å². The second-order valence-corrected chi connectivity index (χ2v) is 4.55. The molecule has 0 radical (unpaired) electrons. The number of halogens is 4. The summed E-state index contributed by atoms with van der Waals surface area (Å²) in [7, 11) is 0. The molecule has 112 valence electrons. The predicted molar refractivity (Wildman–Crippen MR) is 70.6 cm³/mol. The Bertz CT molecular complexity index is 631. The maximum absolute atomic E-state index is 14.0. The van der Waals surface area contributed by atoms with Gasteiger partial charge in [-0.2, -0.15) is 0 Å². The third-order valence-electron chi connectivity index (χ3n) is 3.09. The number of nitrogens with one attached hydrogen (secondary N) is 1. The standard InChI is InChI=1S/C15H14F4N2/c1-2-6-21-15(9-5-7-20-8-12(9)17)10-3-4-11(16)14(19)13(10)18/h3-5,7-8,15,21H,2,6H2,1H3. The lowest BCUT2D eigenvalue weighted by atomic mass is 9.98. The molecular weight excluding hydrogens is 284 g/mol. The fraction of sp³-hybridized carbons (Fsp3) is 0.267. The molecule has 1 atom stereocenters. The van der Waals surface area contributed by atoms with E-state index in [-0.39, 0.29) is 11.1 Å². The largest absolute Gasteiger partial charge is 0.306 e. The van der Waals surface area contributed by atoms with Crippen molar-refractivity contribution in [3.8, 4) is 0 Å². The van der Waals surface area contributed by atoms with E-state index >= 15 is 0 Å². The van der Waals surface area contributed by atoms with E-state index in [1.54, 1.807) is 0 Å². The highest BCUT2D eigenvalue weighted by Gasteiger charge is 2.24. The molecule has 0 saturated carbocycles. The summed E-state index contributed by atoms with van der Waals surface area (Å²) in [6.07, 6.45) is 3.07. The van der Waals surface area contributed by atoms with Crippen LogP contribution in [0.1, 0.15) is 30.5 Å². The molecule has 1 heterocycles. The van der Waals surface area contributed by atoms with Crippen molar-refractivity contribution in [3.05, 3.63) is 65.0 Å². The molecule has 2 aromatic rings. The van der Waals surface area contributed by atoms with Crippen molar-refractivity contribution in [3.63, 3.8) is 0 Å². The van der Waals surface area contributed by atoms with Gasteiger partial charge in [0.25, 0.3) is 0 Å². The molecule has 1 aromatic carbocycles. The summed E-state index contributed by atoms with van der Waals surface area (Å²) < 4.78 is 54.3. The van der Waals surface area contributed by atoms with Crippen LogP contribution in [0.25, 0.3) is 0 Å². The number of pyridine rings is 1. The average molecular weight is 298 g/mol. The van der Waals surface area contributed by atoms with Crippen molar-refractivity contribution in [2.24, 2.45) is 0 Å². The van der Waals surface area contributed by atoms with Crippen LogP contribution in [-0.2, 0) is 0 Å². The maximum atomic E-state index is 14.0. The van der Waals surface area contributed by atoms with Gasteiger partial charge in [-0.25, -0.2) is 17.6 Å². The summed E-state index contributed by atoms with van der Waals surface area (Å²) >= 11 is 0. The monoisotopic (exact) mass is 298 g/mol. The van der Waals surface area contributed by atoms with Crippen molar-refractivity contribution in [1.29, 1.82) is 0 Å². The summed E-state index contributed by atoms with van der Waals surface area (Å²) in [5.74, 6) is -4.80. The number of nitrogens with zero attached hydrogens (tertiary/aromatic N) is 1. The summed E-state index contributed by atoms with van der Waals surface area (Å²) in [6, 6.07) is 2.40. The first-order valence-electron chi connectivity index (χ1n) is 6.52. The van der Waals surface area contributed by atoms with Crippen LogP contribution in [0.15, 0.2) is 30.6 Å². The van der Waals surface area contributed by atoms with Gasteiger partial charge in [-0.15, -0.1) is 0 Å². The zero-order valence-electron chi connectivity index (χ0n) is 11.3. The molecule has 0 fully saturated rings. The van der Waals surface area contributed by atoms with Crippen LogP contribution in [0.2, 0.25) is 0 Å². The number of aromatic nitrogens is 1. The SMILES string of the molecule is CCCNC(c1ccncc1F)c1ccc(F)c(F)c1F. The molecule has 0 aliphatic rings. The normalized spacial score (nSPS) is 12.4. The minimum absolute atomic E-state index is 0.128. The zero-order valence-corrected chi connectivity index (χ0v) is 11.3. The lowest BCUT2D eigenvalue weighted by molar-refractivity contribution is 0.430. The Hall–Kier alpha value is -1.95. The number of hydrogen-bond acceptors (Lipinski definition) is 2. The number of benzene rings is 1. The molecule has 2 rings (SSSR count). The van der Waals surface area contributed by atoms with Gasteiger partial charge in [-0.3, -0.25) is 4.98 Å². The predicted octanol–water partition coefficient (Wildman–Crippen LogP) is 3.73. The van der Waals surface area contributed by atoms with E-state index in [1.165, 1.54) is 12.3 Å². The maximum Gasteiger partial charge on any atom is 0.194 e. The highest BCUT2D eigenvalue weighted by Crippen LogP contribution is 2.28. The van der Waals surface area contributed by atoms with Gasteiger partial charge in [-0.1, -0.05) is 13.0 Å². The van der Waals surface area contributed by atoms with Crippen molar-refractivity contribution >= 4 is 0 Å². The first-order valence-corrected chi connectivity index (χ1v) is 6.52. The Kier molecular flexibility index (Phi) is 4.90. The van der Waals surface area contributed by atoms with E-state index in [1.807, 2.05) is 6.92 Å². The van der Waals surface area contributed by atoms with Gasteiger partial charge in [0.05, 0.1) is 12.2 Å². The minimum Gasteiger partial charge on any atom is -0.306 e. The van der Waals surface area contributed by atoms with Crippen LogP contribution in [0.4, 0.5) is 17.6 Å². The van der Waals surface area contributed by atoms with Gasteiger partial charge >= 0.3 is 0 Å². The van der Waals surface area contributed by atoms with Crippen molar-refractivity contribution in [2.45, 2.75) is 19.4 Å². The molecular formula is C15H14F4N2. The summed E-state index contributed by atoms with van der Waals surface area (Å²) in [5, 5.41) is 2.93. The van der Waals surface area contributed by atoms with Crippen LogP contribution in [0.3, 0.4) is 0 Å². The Balaban J connectivity index is 2.51. The van der Waals surface area contributed by atoms with Gasteiger partial charge < -0.3 is 5.32 Å². The molecule has 0 saturated heterocycles. The summed E-state index contributed by atoms with van der Waals surface area (Å²) in [6.45, 7) is 2.35. The van der Waals surface area contributed by atoms with E-state index in [0.29, 0.717) is 13.0 Å². The van der Waals surface area contributed by atoms with Gasteiger partial charge in [0.1, 0.15) is 5.82 Å². The molecule has 2 nitrogen and oxygen atoms in total. The van der Waals surface area contributed by atoms with Crippen LogP contribution in [0.5, 0.6) is 0 Å².